The first kappa shape index (κ1) is 26.2. The Kier molecular flexibility index (Phi) is 7.26. The van der Waals surface area contributed by atoms with Crippen molar-refractivity contribution in [3.63, 3.8) is 0 Å². The maximum absolute atomic E-state index is 13.0. The highest BCUT2D eigenvalue weighted by Gasteiger charge is 2.30. The van der Waals surface area contributed by atoms with Gasteiger partial charge in [0.15, 0.2) is 5.82 Å². The van der Waals surface area contributed by atoms with Gasteiger partial charge in [0.25, 0.3) is 10.0 Å². The Morgan fingerprint density at radius 3 is 2.14 bits per heavy atom. The first-order valence-electron chi connectivity index (χ1n) is 11.4. The predicted octanol–water partition coefficient (Wildman–Crippen LogP) is 6.10. The van der Waals surface area contributed by atoms with Gasteiger partial charge in [-0.3, -0.25) is 4.72 Å². The maximum Gasteiger partial charge on any atom is 0.416 e. The quantitative estimate of drug-likeness (QED) is 0.298. The third-order valence-corrected chi connectivity index (χ3v) is 6.70. The first-order chi connectivity index (χ1) is 17.4. The van der Waals surface area contributed by atoms with E-state index in [2.05, 4.69) is 14.8 Å². The van der Waals surface area contributed by atoms with E-state index < -0.39 is 21.8 Å². The highest BCUT2D eigenvalue weighted by Crippen LogP contribution is 2.32. The Labute approximate surface area is 213 Å². The van der Waals surface area contributed by atoms with Crippen LogP contribution in [-0.2, 0) is 16.2 Å². The molecule has 1 aromatic heterocycles. The molecule has 0 aliphatic rings. The fourth-order valence-corrected chi connectivity index (χ4v) is 4.43. The maximum atomic E-state index is 13.0. The summed E-state index contributed by atoms with van der Waals surface area (Å²) < 4.78 is 74.1. The zero-order valence-electron chi connectivity index (χ0n) is 20.3. The number of aromatic nitrogens is 3. The molecule has 1 N–H and O–H groups in total. The number of halogens is 3. The van der Waals surface area contributed by atoms with E-state index in [0.717, 1.165) is 17.7 Å². The molecule has 0 bridgehead atoms. The summed E-state index contributed by atoms with van der Waals surface area (Å²) in [4.78, 5) is 4.52. The van der Waals surface area contributed by atoms with Crippen LogP contribution in [-0.4, -0.2) is 29.8 Å². The monoisotopic (exact) mass is 530 g/mol. The molecule has 11 heteroatoms. The summed E-state index contributed by atoms with van der Waals surface area (Å²) in [5, 5.41) is 4.38. The molecule has 0 amide bonds. The van der Waals surface area contributed by atoms with Crippen LogP contribution in [0.2, 0.25) is 0 Å². The molecule has 0 unspecified atom stereocenters. The van der Waals surface area contributed by atoms with Gasteiger partial charge in [-0.25, -0.2) is 13.1 Å². The number of nitrogens with zero attached hydrogens (tertiary/aromatic N) is 3. The van der Waals surface area contributed by atoms with Gasteiger partial charge in [-0.05, 0) is 61.4 Å². The molecule has 0 fully saturated rings. The number of alkyl halides is 3. The fourth-order valence-electron chi connectivity index (χ4n) is 3.37. The number of hydrogen-bond acceptors (Lipinski definition) is 5. The van der Waals surface area contributed by atoms with Crippen LogP contribution in [0.1, 0.15) is 25.0 Å². The van der Waals surface area contributed by atoms with Crippen LogP contribution in [0.5, 0.6) is 6.01 Å². The van der Waals surface area contributed by atoms with Gasteiger partial charge < -0.3 is 4.74 Å². The van der Waals surface area contributed by atoms with Crippen molar-refractivity contribution < 1.29 is 26.3 Å². The summed E-state index contributed by atoms with van der Waals surface area (Å²) in [5.74, 6) is 0.489. The van der Waals surface area contributed by atoms with E-state index >= 15 is 0 Å². The van der Waals surface area contributed by atoms with Gasteiger partial charge in [-0.2, -0.15) is 18.2 Å². The largest absolute Gasteiger partial charge is 0.462 e. The molecule has 0 aliphatic carbocycles. The third kappa shape index (κ3) is 6.29. The van der Waals surface area contributed by atoms with Gasteiger partial charge >= 0.3 is 12.2 Å². The lowest BCUT2D eigenvalue weighted by atomic mass is 10.1. The molecule has 37 heavy (non-hydrogen) atoms. The van der Waals surface area contributed by atoms with Crippen LogP contribution in [0.3, 0.4) is 0 Å². The predicted molar refractivity (Wildman–Crippen MR) is 134 cm³/mol. The third-order valence-electron chi connectivity index (χ3n) is 5.30. The second kappa shape index (κ2) is 10.3. The fraction of sp³-hybridized carbons (Fsp3) is 0.231. The van der Waals surface area contributed by atoms with Gasteiger partial charge in [0.05, 0.1) is 22.8 Å². The lowest BCUT2D eigenvalue weighted by Gasteiger charge is -2.11. The van der Waals surface area contributed by atoms with Crippen molar-refractivity contribution >= 4 is 15.7 Å². The van der Waals surface area contributed by atoms with Crippen molar-refractivity contribution in [1.82, 2.24) is 14.8 Å². The minimum atomic E-state index is -4.46. The van der Waals surface area contributed by atoms with E-state index in [-0.39, 0.29) is 22.6 Å². The molecule has 0 saturated carbocycles. The standard InChI is InChI=1S/C26H25F3N4O3S/c1-17(2)16-36-25-30-24(19-6-8-20(9-7-19)26(27,28)29)33(31-25)22-12-10-21(11-13-22)32-37(34,35)23-14-4-18(3)5-15-23/h4-15,17,32H,16H2,1-3H3. The number of aryl methyl sites for hydroxylation is 1. The summed E-state index contributed by atoms with van der Waals surface area (Å²) in [5.41, 5.74) is 1.42. The van der Waals surface area contributed by atoms with E-state index in [4.69, 9.17) is 4.74 Å². The van der Waals surface area contributed by atoms with Crippen LogP contribution in [0, 0.1) is 12.8 Å². The summed E-state index contributed by atoms with van der Waals surface area (Å²) in [6, 6.07) is 17.5. The van der Waals surface area contributed by atoms with Gasteiger partial charge in [-0.1, -0.05) is 43.7 Å². The van der Waals surface area contributed by atoms with Crippen LogP contribution in [0.4, 0.5) is 18.9 Å². The molecule has 7 nitrogen and oxygen atoms in total. The SMILES string of the molecule is Cc1ccc(S(=O)(=O)Nc2ccc(-n3nc(OCC(C)C)nc3-c3ccc(C(F)(F)F)cc3)cc2)cc1. The minimum absolute atomic E-state index is 0.0766. The number of sulfonamides is 1. The summed E-state index contributed by atoms with van der Waals surface area (Å²) in [6.45, 7) is 6.15. The van der Waals surface area contributed by atoms with E-state index in [1.54, 1.807) is 36.4 Å². The van der Waals surface area contributed by atoms with Crippen LogP contribution in [0.25, 0.3) is 17.1 Å². The van der Waals surface area contributed by atoms with Gasteiger partial charge in [0.2, 0.25) is 0 Å². The normalized spacial score (nSPS) is 12.1. The topological polar surface area (TPSA) is 86.1 Å². The first-order valence-corrected chi connectivity index (χ1v) is 12.9. The molecule has 0 aliphatic heterocycles. The Bertz CT molecular complexity index is 1460. The lowest BCUT2D eigenvalue weighted by Crippen LogP contribution is -2.13. The van der Waals surface area contributed by atoms with Gasteiger partial charge in [-0.15, -0.1) is 5.10 Å². The van der Waals surface area contributed by atoms with Crippen LogP contribution < -0.4 is 9.46 Å². The Hall–Kier alpha value is -3.86. The Morgan fingerprint density at radius 2 is 1.57 bits per heavy atom. The number of rotatable bonds is 8. The molecule has 3 aromatic carbocycles. The molecular formula is C26H25F3N4O3S. The molecule has 1 heterocycles. The zero-order valence-corrected chi connectivity index (χ0v) is 21.1. The zero-order chi connectivity index (χ0) is 26.8. The molecule has 0 saturated heterocycles. The number of anilines is 1. The number of benzene rings is 3. The molecule has 4 aromatic rings. The number of ether oxygens (including phenoxy) is 1. The second-order valence-corrected chi connectivity index (χ2v) is 10.6. The molecule has 194 valence electrons. The van der Waals surface area contributed by atoms with Gasteiger partial charge in [0.1, 0.15) is 0 Å². The number of nitrogens with one attached hydrogen (secondary N) is 1. The molecule has 0 radical (unpaired) electrons. The van der Waals surface area contributed by atoms with Crippen molar-refractivity contribution in [3.05, 3.63) is 83.9 Å². The summed E-state index contributed by atoms with van der Waals surface area (Å²) >= 11 is 0. The molecular weight excluding hydrogens is 505 g/mol. The van der Waals surface area contributed by atoms with Crippen molar-refractivity contribution in [2.75, 3.05) is 11.3 Å². The average Bonchev–Trinajstić information content (AvgIpc) is 3.27. The Balaban J connectivity index is 1.64. The highest BCUT2D eigenvalue weighted by atomic mass is 32.2. The van der Waals surface area contributed by atoms with Crippen molar-refractivity contribution in [2.24, 2.45) is 5.92 Å². The van der Waals surface area contributed by atoms with Crippen molar-refractivity contribution in [2.45, 2.75) is 31.8 Å². The van der Waals surface area contributed by atoms with E-state index in [1.807, 2.05) is 20.8 Å². The lowest BCUT2D eigenvalue weighted by molar-refractivity contribution is -0.137. The van der Waals surface area contributed by atoms with E-state index in [0.29, 0.717) is 23.5 Å². The van der Waals surface area contributed by atoms with Crippen molar-refractivity contribution in [3.8, 4) is 23.1 Å². The van der Waals surface area contributed by atoms with E-state index in [1.165, 1.54) is 28.9 Å². The highest BCUT2D eigenvalue weighted by molar-refractivity contribution is 7.92. The molecule has 0 atom stereocenters. The average molecular weight is 531 g/mol. The smallest absolute Gasteiger partial charge is 0.416 e. The van der Waals surface area contributed by atoms with E-state index in [9.17, 15) is 21.6 Å². The van der Waals surface area contributed by atoms with Crippen LogP contribution >= 0.6 is 0 Å². The van der Waals surface area contributed by atoms with Gasteiger partial charge in [0, 0.05) is 11.3 Å². The molecule has 0 spiro atoms. The number of hydrogen-bond donors (Lipinski definition) is 1. The minimum Gasteiger partial charge on any atom is -0.462 e. The Morgan fingerprint density at radius 1 is 0.946 bits per heavy atom. The van der Waals surface area contributed by atoms with Crippen molar-refractivity contribution in [1.29, 1.82) is 0 Å². The summed E-state index contributed by atoms with van der Waals surface area (Å²) in [7, 11) is -3.78. The molecule has 4 rings (SSSR count). The summed E-state index contributed by atoms with van der Waals surface area (Å²) in [6.07, 6.45) is -4.46. The second-order valence-electron chi connectivity index (χ2n) is 8.88. The van der Waals surface area contributed by atoms with Crippen LogP contribution in [0.15, 0.2) is 77.7 Å².